The van der Waals surface area contributed by atoms with Crippen molar-refractivity contribution in [1.82, 2.24) is 9.97 Å². The Bertz CT molecular complexity index is 505. The first-order valence-electron chi connectivity index (χ1n) is 4.57. The molecule has 2 heterocycles. The van der Waals surface area contributed by atoms with Gasteiger partial charge >= 0.3 is 0 Å². The Labute approximate surface area is 91.8 Å². The molecule has 4 heteroatoms. The third-order valence-electron chi connectivity index (χ3n) is 1.99. The van der Waals surface area contributed by atoms with Gasteiger partial charge in [0.2, 0.25) is 0 Å². The quantitative estimate of drug-likeness (QED) is 0.728. The van der Waals surface area contributed by atoms with Gasteiger partial charge in [-0.1, -0.05) is 6.07 Å². The van der Waals surface area contributed by atoms with Crippen LogP contribution in [-0.2, 0) is 0 Å². The predicted molar refractivity (Wildman–Crippen MR) is 60.2 cm³/mol. The van der Waals surface area contributed by atoms with Gasteiger partial charge in [0.25, 0.3) is 0 Å². The van der Waals surface area contributed by atoms with Gasteiger partial charge in [-0.2, -0.15) is 0 Å². The molecule has 0 aromatic carbocycles. The van der Waals surface area contributed by atoms with Crippen LogP contribution in [0.3, 0.4) is 0 Å². The van der Waals surface area contributed by atoms with Crippen LogP contribution in [0.25, 0.3) is 10.6 Å². The molecule has 0 aliphatic carbocycles. The van der Waals surface area contributed by atoms with E-state index in [1.807, 2.05) is 32.0 Å². The van der Waals surface area contributed by atoms with Gasteiger partial charge in [0.05, 0.1) is 15.6 Å². The highest BCUT2D eigenvalue weighted by atomic mass is 32.1. The van der Waals surface area contributed by atoms with Crippen molar-refractivity contribution in [2.75, 3.05) is 0 Å². The lowest BCUT2D eigenvalue weighted by Crippen LogP contribution is -1.88. The van der Waals surface area contributed by atoms with Gasteiger partial charge in [-0.15, -0.1) is 11.3 Å². The zero-order chi connectivity index (χ0) is 10.8. The van der Waals surface area contributed by atoms with E-state index in [0.29, 0.717) is 5.69 Å². The molecule has 2 rings (SSSR count). The van der Waals surface area contributed by atoms with Crippen molar-refractivity contribution in [3.05, 3.63) is 34.6 Å². The lowest BCUT2D eigenvalue weighted by molar-refractivity contribution is 0.112. The molecule has 0 saturated heterocycles. The third-order valence-corrected chi connectivity index (χ3v) is 3.00. The van der Waals surface area contributed by atoms with Crippen LogP contribution in [0.1, 0.15) is 21.2 Å². The molecule has 0 radical (unpaired) electrons. The van der Waals surface area contributed by atoms with E-state index in [-0.39, 0.29) is 0 Å². The van der Waals surface area contributed by atoms with Crippen LogP contribution >= 0.6 is 11.3 Å². The average Bonchev–Trinajstić information content (AvgIpc) is 2.59. The molecule has 0 bridgehead atoms. The predicted octanol–water partition coefficient (Wildman–Crippen LogP) is 2.63. The number of aldehydes is 1. The Kier molecular flexibility index (Phi) is 2.60. The first kappa shape index (κ1) is 9.98. The largest absolute Gasteiger partial charge is 0.296 e. The van der Waals surface area contributed by atoms with Crippen LogP contribution in [0.2, 0.25) is 0 Å². The fourth-order valence-corrected chi connectivity index (χ4v) is 2.23. The van der Waals surface area contributed by atoms with Crippen molar-refractivity contribution in [2.24, 2.45) is 0 Å². The maximum absolute atomic E-state index is 10.8. The minimum atomic E-state index is 0.482. The van der Waals surface area contributed by atoms with Gasteiger partial charge in [-0.05, 0) is 26.0 Å². The zero-order valence-corrected chi connectivity index (χ0v) is 9.34. The maximum atomic E-state index is 10.8. The molecular weight excluding hydrogens is 208 g/mol. The van der Waals surface area contributed by atoms with Crippen LogP contribution < -0.4 is 0 Å². The Morgan fingerprint density at radius 1 is 1.27 bits per heavy atom. The minimum Gasteiger partial charge on any atom is -0.296 e. The van der Waals surface area contributed by atoms with E-state index in [1.54, 1.807) is 0 Å². The summed E-state index contributed by atoms with van der Waals surface area (Å²) in [5.41, 5.74) is 2.24. The fraction of sp³-hybridized carbons (Fsp3) is 0.182. The van der Waals surface area contributed by atoms with E-state index in [4.69, 9.17) is 0 Å². The van der Waals surface area contributed by atoms with Crippen LogP contribution in [0.5, 0.6) is 0 Å². The highest BCUT2D eigenvalue weighted by Gasteiger charge is 2.11. The summed E-state index contributed by atoms with van der Waals surface area (Å²) < 4.78 is 0. The number of carbonyl (C=O) groups excluding carboxylic acids is 1. The van der Waals surface area contributed by atoms with E-state index >= 15 is 0 Å². The summed E-state index contributed by atoms with van der Waals surface area (Å²) in [5, 5.41) is 0.885. The second-order valence-corrected chi connectivity index (χ2v) is 4.43. The van der Waals surface area contributed by atoms with Crippen molar-refractivity contribution < 1.29 is 4.79 Å². The number of hydrogen-bond donors (Lipinski definition) is 0. The Balaban J connectivity index is 2.57. The number of aromatic nitrogens is 2. The van der Waals surface area contributed by atoms with Gasteiger partial charge in [-0.25, -0.2) is 4.98 Å². The molecule has 0 fully saturated rings. The molecule has 0 unspecified atom stereocenters. The molecule has 0 atom stereocenters. The lowest BCUT2D eigenvalue weighted by Gasteiger charge is -1.98. The molecule has 2 aromatic heterocycles. The van der Waals surface area contributed by atoms with E-state index in [0.717, 1.165) is 27.6 Å². The molecule has 15 heavy (non-hydrogen) atoms. The van der Waals surface area contributed by atoms with Crippen LogP contribution in [0, 0.1) is 13.8 Å². The molecule has 2 aromatic rings. The van der Waals surface area contributed by atoms with Crippen molar-refractivity contribution >= 4 is 17.6 Å². The molecule has 0 spiro atoms. The molecular formula is C11H10N2OS. The normalized spacial score (nSPS) is 10.3. The van der Waals surface area contributed by atoms with Gasteiger partial charge in [0.1, 0.15) is 5.69 Å². The van der Waals surface area contributed by atoms with Crippen molar-refractivity contribution in [3.8, 4) is 10.6 Å². The summed E-state index contributed by atoms with van der Waals surface area (Å²) in [6, 6.07) is 5.76. The molecule has 3 nitrogen and oxygen atoms in total. The van der Waals surface area contributed by atoms with E-state index in [1.165, 1.54) is 11.3 Å². The summed E-state index contributed by atoms with van der Waals surface area (Å²) in [4.78, 5) is 20.2. The number of aryl methyl sites for hydroxylation is 2. The number of rotatable bonds is 2. The maximum Gasteiger partial charge on any atom is 0.170 e. The second-order valence-electron chi connectivity index (χ2n) is 3.23. The van der Waals surface area contributed by atoms with E-state index in [2.05, 4.69) is 9.97 Å². The van der Waals surface area contributed by atoms with Crippen LogP contribution in [-0.4, -0.2) is 16.3 Å². The Hall–Kier alpha value is -1.55. The first-order chi connectivity index (χ1) is 7.20. The smallest absolute Gasteiger partial charge is 0.170 e. The molecule has 76 valence electrons. The van der Waals surface area contributed by atoms with Crippen molar-refractivity contribution in [3.63, 3.8) is 0 Å². The summed E-state index contributed by atoms with van der Waals surface area (Å²) in [7, 11) is 0. The van der Waals surface area contributed by atoms with E-state index < -0.39 is 0 Å². The summed E-state index contributed by atoms with van der Waals surface area (Å²) in [6.07, 6.45) is 0.781. The van der Waals surface area contributed by atoms with Crippen LogP contribution in [0.15, 0.2) is 18.2 Å². The molecule has 0 saturated carbocycles. The monoisotopic (exact) mass is 218 g/mol. The number of nitrogens with zero attached hydrogens (tertiary/aromatic N) is 2. The Morgan fingerprint density at radius 2 is 2.07 bits per heavy atom. The second kappa shape index (κ2) is 3.90. The molecule has 0 aliphatic rings. The summed E-state index contributed by atoms with van der Waals surface area (Å²) in [5.74, 6) is 0. The number of hydrogen-bond acceptors (Lipinski definition) is 4. The van der Waals surface area contributed by atoms with Gasteiger partial charge in [-0.3, -0.25) is 9.78 Å². The van der Waals surface area contributed by atoms with Gasteiger partial charge in [0.15, 0.2) is 6.29 Å². The number of thiazole rings is 1. The van der Waals surface area contributed by atoms with Crippen molar-refractivity contribution in [1.29, 1.82) is 0 Å². The van der Waals surface area contributed by atoms with E-state index in [9.17, 15) is 4.79 Å². The highest BCUT2D eigenvalue weighted by molar-refractivity contribution is 7.15. The molecule has 0 amide bonds. The van der Waals surface area contributed by atoms with Crippen molar-refractivity contribution in [2.45, 2.75) is 13.8 Å². The highest BCUT2D eigenvalue weighted by Crippen LogP contribution is 2.27. The number of pyridine rings is 1. The third kappa shape index (κ3) is 1.94. The van der Waals surface area contributed by atoms with Gasteiger partial charge < -0.3 is 0 Å². The molecule has 0 N–H and O–H groups in total. The van der Waals surface area contributed by atoms with Crippen LogP contribution in [0.4, 0.5) is 0 Å². The Morgan fingerprint density at radius 3 is 2.73 bits per heavy atom. The lowest BCUT2D eigenvalue weighted by atomic mass is 10.2. The summed E-state index contributed by atoms with van der Waals surface area (Å²) in [6.45, 7) is 3.81. The zero-order valence-electron chi connectivity index (χ0n) is 8.52. The summed E-state index contributed by atoms with van der Waals surface area (Å²) >= 11 is 1.50. The average molecular weight is 218 g/mol. The molecule has 0 aliphatic heterocycles. The number of carbonyl (C=O) groups is 1. The SMILES string of the molecule is Cc1cccc(-c2sc(C)nc2C=O)n1. The standard InChI is InChI=1S/C11H10N2OS/c1-7-4-3-5-9(12-7)11-10(6-14)13-8(2)15-11/h3-6H,1-2H3. The van der Waals surface area contributed by atoms with Gasteiger partial charge in [0, 0.05) is 5.69 Å². The fourth-order valence-electron chi connectivity index (χ4n) is 1.38. The first-order valence-corrected chi connectivity index (χ1v) is 5.39. The minimum absolute atomic E-state index is 0.482. The topological polar surface area (TPSA) is 42.9 Å².